The van der Waals surface area contributed by atoms with Crippen molar-refractivity contribution in [2.24, 2.45) is 29.6 Å². The summed E-state index contributed by atoms with van der Waals surface area (Å²) in [4.78, 5) is 41.4. The number of aliphatic hydroxyl groups is 1. The molecule has 1 aliphatic carbocycles. The van der Waals surface area contributed by atoms with E-state index in [1.807, 2.05) is 39.8 Å². The second-order valence-electron chi connectivity index (χ2n) is 9.40. The van der Waals surface area contributed by atoms with E-state index >= 15 is 0 Å². The van der Waals surface area contributed by atoms with Gasteiger partial charge in [0.15, 0.2) is 0 Å². The molecule has 7 heteroatoms. The van der Waals surface area contributed by atoms with Crippen molar-refractivity contribution in [2.45, 2.75) is 72.0 Å². The molecule has 7 nitrogen and oxygen atoms in total. The number of carbonyl (C=O) groups is 3. The number of hydrogen-bond acceptors (Lipinski definition) is 4. The normalized spacial score (nSPS) is 29.3. The third-order valence-corrected chi connectivity index (χ3v) is 6.27. The third-order valence-electron chi connectivity index (χ3n) is 6.27. The molecule has 0 bridgehead atoms. The van der Waals surface area contributed by atoms with Crippen LogP contribution in [0.2, 0.25) is 0 Å². The van der Waals surface area contributed by atoms with Crippen LogP contribution in [0.3, 0.4) is 0 Å². The van der Waals surface area contributed by atoms with E-state index in [9.17, 15) is 19.5 Å². The molecule has 2 aliphatic rings. The van der Waals surface area contributed by atoms with Gasteiger partial charge < -0.3 is 20.6 Å². The maximum Gasteiger partial charge on any atom is 0.243 e. The summed E-state index contributed by atoms with van der Waals surface area (Å²) in [7, 11) is 1.59. The van der Waals surface area contributed by atoms with Gasteiger partial charge in [-0.05, 0) is 38.5 Å². The Bertz CT molecular complexity index is 661. The van der Waals surface area contributed by atoms with Gasteiger partial charge in [-0.15, -0.1) is 0 Å². The number of rotatable bonds is 9. The Morgan fingerprint density at radius 2 is 1.83 bits per heavy atom. The summed E-state index contributed by atoms with van der Waals surface area (Å²) in [6, 6.07) is -1.23. The van der Waals surface area contributed by atoms with Crippen molar-refractivity contribution in [1.82, 2.24) is 15.5 Å². The van der Waals surface area contributed by atoms with Gasteiger partial charge in [0.2, 0.25) is 17.7 Å². The first-order valence-electron chi connectivity index (χ1n) is 11.3. The first-order chi connectivity index (χ1) is 14.2. The molecule has 170 valence electrons. The molecule has 1 aliphatic heterocycles. The van der Waals surface area contributed by atoms with E-state index in [4.69, 9.17) is 0 Å². The summed E-state index contributed by atoms with van der Waals surface area (Å²) in [5, 5.41) is 15.8. The molecular formula is C23H39N3O4. The number of allylic oxidation sites excluding steroid dienone is 1. The van der Waals surface area contributed by atoms with Crippen LogP contribution < -0.4 is 10.6 Å². The summed E-state index contributed by atoms with van der Waals surface area (Å²) in [6.07, 6.45) is 6.30. The molecular weight excluding hydrogens is 382 g/mol. The zero-order valence-corrected chi connectivity index (χ0v) is 19.2. The lowest BCUT2D eigenvalue weighted by atomic mass is 9.68. The van der Waals surface area contributed by atoms with E-state index in [0.717, 1.165) is 12.8 Å². The van der Waals surface area contributed by atoms with Crippen molar-refractivity contribution in [1.29, 1.82) is 0 Å². The monoisotopic (exact) mass is 421 g/mol. The van der Waals surface area contributed by atoms with Crippen LogP contribution >= 0.6 is 0 Å². The van der Waals surface area contributed by atoms with Crippen molar-refractivity contribution >= 4 is 17.7 Å². The molecule has 0 saturated carbocycles. The number of hydrogen-bond donors (Lipinski definition) is 3. The van der Waals surface area contributed by atoms with E-state index in [1.54, 1.807) is 11.9 Å². The van der Waals surface area contributed by atoms with Gasteiger partial charge >= 0.3 is 0 Å². The van der Waals surface area contributed by atoms with E-state index in [1.165, 1.54) is 0 Å². The first kappa shape index (κ1) is 24.4. The maximum atomic E-state index is 13.7. The number of aliphatic hydroxyl groups excluding tert-OH is 1. The van der Waals surface area contributed by atoms with Gasteiger partial charge in [0.05, 0.1) is 24.5 Å². The molecule has 3 amide bonds. The van der Waals surface area contributed by atoms with E-state index in [-0.39, 0.29) is 48.1 Å². The Morgan fingerprint density at radius 3 is 2.33 bits per heavy atom. The Balaban J connectivity index is 2.53. The first-order valence-corrected chi connectivity index (χ1v) is 11.3. The van der Waals surface area contributed by atoms with Crippen LogP contribution in [0, 0.1) is 29.6 Å². The van der Waals surface area contributed by atoms with E-state index in [0.29, 0.717) is 6.42 Å². The highest BCUT2D eigenvalue weighted by molar-refractivity contribution is 5.97. The number of fused-ring (bicyclic) bond motifs is 1. The fourth-order valence-corrected chi connectivity index (χ4v) is 5.16. The van der Waals surface area contributed by atoms with Crippen LogP contribution in [0.15, 0.2) is 12.2 Å². The highest BCUT2D eigenvalue weighted by Crippen LogP contribution is 2.46. The molecule has 3 N–H and O–H groups in total. The topological polar surface area (TPSA) is 98.7 Å². The Hall–Kier alpha value is -1.89. The van der Waals surface area contributed by atoms with E-state index in [2.05, 4.69) is 17.6 Å². The van der Waals surface area contributed by atoms with Crippen molar-refractivity contribution in [3.8, 4) is 0 Å². The number of likely N-dealkylation sites (tertiary alicyclic amines) is 1. The lowest BCUT2D eigenvalue weighted by Gasteiger charge is -2.35. The average Bonchev–Trinajstić information content (AvgIpc) is 2.97. The molecule has 2 rings (SSSR count). The summed E-state index contributed by atoms with van der Waals surface area (Å²) in [6.45, 7) is 9.69. The SMILES string of the molecule is CCC[C@@H]1C=C[C@H]2[C@H](C(=O)N([C@@H](CO)CC(C)C)[C@@H]2C(=O)NC(C)C)[C@@H]1C(=O)NC. The van der Waals surface area contributed by atoms with Gasteiger partial charge in [-0.1, -0.05) is 39.3 Å². The molecule has 0 radical (unpaired) electrons. The highest BCUT2D eigenvalue weighted by Gasteiger charge is 2.58. The minimum atomic E-state index is -0.716. The van der Waals surface area contributed by atoms with Crippen LogP contribution in [0.1, 0.15) is 53.9 Å². The van der Waals surface area contributed by atoms with Crippen LogP contribution in [-0.4, -0.2) is 59.5 Å². The molecule has 1 fully saturated rings. The Morgan fingerprint density at radius 1 is 1.17 bits per heavy atom. The Labute approximate surface area is 180 Å². The molecule has 0 unspecified atom stereocenters. The third kappa shape index (κ3) is 4.88. The smallest absolute Gasteiger partial charge is 0.243 e. The summed E-state index contributed by atoms with van der Waals surface area (Å²) < 4.78 is 0. The lowest BCUT2D eigenvalue weighted by Crippen LogP contribution is -2.53. The molecule has 1 heterocycles. The van der Waals surface area contributed by atoms with Crippen LogP contribution in [0.4, 0.5) is 0 Å². The average molecular weight is 422 g/mol. The van der Waals surface area contributed by atoms with Crippen LogP contribution in [0.5, 0.6) is 0 Å². The van der Waals surface area contributed by atoms with Gasteiger partial charge in [-0.2, -0.15) is 0 Å². The number of carbonyl (C=O) groups excluding carboxylic acids is 3. The second kappa shape index (κ2) is 10.4. The number of nitrogens with one attached hydrogen (secondary N) is 2. The predicted molar refractivity (Wildman–Crippen MR) is 116 cm³/mol. The largest absolute Gasteiger partial charge is 0.394 e. The molecule has 0 aromatic heterocycles. The highest BCUT2D eigenvalue weighted by atomic mass is 16.3. The van der Waals surface area contributed by atoms with Crippen molar-refractivity contribution in [2.75, 3.05) is 13.7 Å². The van der Waals surface area contributed by atoms with Gasteiger partial charge in [-0.25, -0.2) is 0 Å². The fourth-order valence-electron chi connectivity index (χ4n) is 5.16. The maximum absolute atomic E-state index is 13.7. The van der Waals surface area contributed by atoms with Gasteiger partial charge in [-0.3, -0.25) is 14.4 Å². The van der Waals surface area contributed by atoms with Crippen molar-refractivity contribution in [3.05, 3.63) is 12.2 Å². The summed E-state index contributed by atoms with van der Waals surface area (Å²) >= 11 is 0. The predicted octanol–water partition coefficient (Wildman–Crippen LogP) is 1.71. The Kier molecular flexibility index (Phi) is 8.47. The standard InChI is InChI=1S/C23H39N3O4/c1-7-8-15-9-10-17-19(18(15)21(28)24-6)23(30)26(16(12-27)11-13(2)3)20(17)22(29)25-14(4)5/h9-10,13-20,27H,7-8,11-12H2,1-6H3,(H,24,28)(H,25,29)/t15-,16-,17+,18-,19+,20+/m1/s1. The van der Waals surface area contributed by atoms with Gasteiger partial charge in [0.25, 0.3) is 0 Å². The molecule has 0 spiro atoms. The molecule has 6 atom stereocenters. The zero-order chi connectivity index (χ0) is 22.6. The lowest BCUT2D eigenvalue weighted by molar-refractivity contribution is -0.143. The summed E-state index contributed by atoms with van der Waals surface area (Å²) in [5.74, 6) is -1.82. The van der Waals surface area contributed by atoms with Crippen molar-refractivity contribution < 1.29 is 19.5 Å². The fraction of sp³-hybridized carbons (Fsp3) is 0.783. The molecule has 0 aromatic carbocycles. The minimum Gasteiger partial charge on any atom is -0.394 e. The molecule has 1 saturated heterocycles. The number of amides is 3. The van der Waals surface area contributed by atoms with E-state index < -0.39 is 23.9 Å². The second-order valence-corrected chi connectivity index (χ2v) is 9.40. The van der Waals surface area contributed by atoms with Gasteiger partial charge in [0.1, 0.15) is 6.04 Å². The zero-order valence-electron chi connectivity index (χ0n) is 19.2. The quantitative estimate of drug-likeness (QED) is 0.494. The minimum absolute atomic E-state index is 0.0356. The van der Waals surface area contributed by atoms with Gasteiger partial charge in [0, 0.05) is 19.0 Å². The molecule has 30 heavy (non-hydrogen) atoms. The van der Waals surface area contributed by atoms with Crippen LogP contribution in [-0.2, 0) is 14.4 Å². The summed E-state index contributed by atoms with van der Waals surface area (Å²) in [5.41, 5.74) is 0. The number of nitrogens with zero attached hydrogens (tertiary/aromatic N) is 1. The van der Waals surface area contributed by atoms with Crippen LogP contribution in [0.25, 0.3) is 0 Å². The van der Waals surface area contributed by atoms with Crippen molar-refractivity contribution in [3.63, 3.8) is 0 Å². The molecule has 0 aromatic rings.